The van der Waals surface area contributed by atoms with Gasteiger partial charge in [-0.1, -0.05) is 10.4 Å². The second-order valence-electron chi connectivity index (χ2n) is 5.00. The zero-order valence-corrected chi connectivity index (χ0v) is 12.9. The number of nitrogens with two attached hydrogens (primary N) is 1. The normalized spacial score (nSPS) is 10.3. The fraction of sp³-hybridized carbons (Fsp3) is 0.267. The van der Waals surface area contributed by atoms with Crippen LogP contribution in [0, 0.1) is 9.81 Å². The molecule has 2 aromatic rings. The number of hydrogen-bond acceptors (Lipinski definition) is 6. The Morgan fingerprint density at radius 1 is 1.04 bits per heavy atom. The van der Waals surface area contributed by atoms with E-state index in [1.165, 1.54) is 0 Å². The predicted octanol–water partition coefficient (Wildman–Crippen LogP) is 0.525. The summed E-state index contributed by atoms with van der Waals surface area (Å²) in [6, 6.07) is 6.62. The van der Waals surface area contributed by atoms with Crippen molar-refractivity contribution in [1.29, 1.82) is 0 Å². The Hall–Kier alpha value is -3.07. The number of amides is 1. The lowest BCUT2D eigenvalue weighted by atomic mass is 10.2. The average Bonchev–Trinajstić information content (AvgIpc) is 2.58. The van der Waals surface area contributed by atoms with Crippen LogP contribution in [0.4, 0.5) is 0 Å². The zero-order valence-electron chi connectivity index (χ0n) is 12.9. The first-order valence-corrected chi connectivity index (χ1v) is 7.10. The van der Waals surface area contributed by atoms with Gasteiger partial charge in [0.1, 0.15) is 6.54 Å². The van der Waals surface area contributed by atoms with Gasteiger partial charge in [0, 0.05) is 24.3 Å². The fourth-order valence-corrected chi connectivity index (χ4v) is 2.08. The number of carbonyl (C=O) groups excluding carboxylic acids is 1. The molecule has 0 bridgehead atoms. The van der Waals surface area contributed by atoms with E-state index >= 15 is 0 Å². The highest BCUT2D eigenvalue weighted by atomic mass is 16.5. The molecular weight excluding hydrogens is 314 g/mol. The van der Waals surface area contributed by atoms with Crippen molar-refractivity contribution >= 4 is 5.91 Å². The third-order valence-electron chi connectivity index (χ3n) is 3.31. The van der Waals surface area contributed by atoms with E-state index in [1.807, 2.05) is 0 Å². The van der Waals surface area contributed by atoms with Gasteiger partial charge in [-0.3, -0.25) is 9.53 Å². The Kier molecular flexibility index (Phi) is 6.15. The Morgan fingerprint density at radius 2 is 1.75 bits per heavy atom. The summed E-state index contributed by atoms with van der Waals surface area (Å²) in [5.41, 5.74) is 6.92. The molecule has 0 spiro atoms. The molecule has 124 valence electrons. The topological polar surface area (TPSA) is 119 Å². The highest BCUT2D eigenvalue weighted by Gasteiger charge is 2.13. The second kappa shape index (κ2) is 8.53. The number of nitroso groups, excluding NO2 is 2. The first kappa shape index (κ1) is 17.3. The number of hydrogen-bond donors (Lipinski definition) is 1. The summed E-state index contributed by atoms with van der Waals surface area (Å²) in [6.07, 6.45) is 5.07. The molecule has 0 aromatic carbocycles. The van der Waals surface area contributed by atoms with E-state index in [2.05, 4.69) is 10.4 Å². The van der Waals surface area contributed by atoms with Crippen LogP contribution >= 0.6 is 0 Å². The summed E-state index contributed by atoms with van der Waals surface area (Å²) in [4.78, 5) is 31.9. The minimum atomic E-state index is -0.491. The van der Waals surface area contributed by atoms with Crippen molar-refractivity contribution in [3.63, 3.8) is 0 Å². The largest absolute Gasteiger partial charge is 0.366 e. The van der Waals surface area contributed by atoms with Gasteiger partial charge in [0.25, 0.3) is 13.5 Å². The molecule has 0 saturated heterocycles. The number of carbonyl (C=O) groups is 1. The number of rotatable bonds is 9. The maximum Gasteiger partial charge on any atom is 0.258 e. The van der Waals surface area contributed by atoms with E-state index in [4.69, 9.17) is 10.5 Å². The number of ether oxygens (including phenoxy) is 1. The van der Waals surface area contributed by atoms with E-state index in [0.29, 0.717) is 16.8 Å². The molecule has 2 aromatic heterocycles. The minimum Gasteiger partial charge on any atom is -0.366 e. The summed E-state index contributed by atoms with van der Waals surface area (Å²) in [6.45, 7) is 0.452. The van der Waals surface area contributed by atoms with Gasteiger partial charge in [0.05, 0.1) is 5.56 Å². The van der Waals surface area contributed by atoms with Gasteiger partial charge < -0.3 is 5.73 Å². The molecular formula is C15H17N5O4+2. The third-order valence-corrected chi connectivity index (χ3v) is 3.31. The van der Waals surface area contributed by atoms with E-state index < -0.39 is 5.91 Å². The molecule has 0 aliphatic heterocycles. The van der Waals surface area contributed by atoms with Crippen molar-refractivity contribution in [2.45, 2.75) is 26.6 Å². The van der Waals surface area contributed by atoms with Crippen LogP contribution in [0.25, 0.3) is 0 Å². The highest BCUT2D eigenvalue weighted by molar-refractivity contribution is 5.92. The van der Waals surface area contributed by atoms with Crippen LogP contribution in [0.5, 0.6) is 0 Å². The van der Waals surface area contributed by atoms with E-state index in [9.17, 15) is 14.6 Å². The van der Waals surface area contributed by atoms with Gasteiger partial charge in [-0.15, -0.1) is 0 Å². The van der Waals surface area contributed by atoms with Crippen molar-refractivity contribution in [2.75, 3.05) is 0 Å². The van der Waals surface area contributed by atoms with Crippen LogP contribution in [0.15, 0.2) is 53.2 Å². The van der Waals surface area contributed by atoms with Crippen molar-refractivity contribution in [1.82, 2.24) is 0 Å². The molecule has 1 amide bonds. The molecule has 24 heavy (non-hydrogen) atoms. The van der Waals surface area contributed by atoms with Gasteiger partial charge in [0.2, 0.25) is 11.6 Å². The van der Waals surface area contributed by atoms with Crippen LogP contribution in [0.1, 0.15) is 21.6 Å². The Bertz CT molecular complexity index is 733. The molecule has 0 aliphatic carbocycles. The lowest BCUT2D eigenvalue weighted by Gasteiger charge is -2.03. The monoisotopic (exact) mass is 331 g/mol. The smallest absolute Gasteiger partial charge is 0.258 e. The Labute approximate surface area is 137 Å². The molecule has 9 heteroatoms. The number of aromatic nitrogens is 2. The van der Waals surface area contributed by atoms with Gasteiger partial charge in [-0.05, 0) is 5.56 Å². The van der Waals surface area contributed by atoms with Crippen LogP contribution in [-0.4, -0.2) is 5.91 Å². The Morgan fingerprint density at radius 3 is 2.38 bits per heavy atom. The fourth-order valence-electron chi connectivity index (χ4n) is 2.08. The van der Waals surface area contributed by atoms with Crippen LogP contribution < -0.4 is 14.9 Å². The summed E-state index contributed by atoms with van der Waals surface area (Å²) in [5, 5.41) is 5.70. The van der Waals surface area contributed by atoms with Gasteiger partial charge in [0.15, 0.2) is 25.1 Å². The maximum atomic E-state index is 11.0. The molecule has 0 radical (unpaired) electrons. The quantitative estimate of drug-likeness (QED) is 0.532. The van der Waals surface area contributed by atoms with Crippen molar-refractivity contribution < 1.29 is 18.7 Å². The van der Waals surface area contributed by atoms with E-state index in [-0.39, 0.29) is 26.6 Å². The minimum absolute atomic E-state index is 0.0312. The molecule has 9 nitrogen and oxygen atoms in total. The molecule has 2 N–H and O–H groups in total. The predicted molar refractivity (Wildman–Crippen MR) is 81.9 cm³/mol. The lowest BCUT2D eigenvalue weighted by molar-refractivity contribution is -0.791. The zero-order chi connectivity index (χ0) is 17.4. The summed E-state index contributed by atoms with van der Waals surface area (Å²) in [7, 11) is 0. The highest BCUT2D eigenvalue weighted by Crippen LogP contribution is 2.03. The van der Waals surface area contributed by atoms with Crippen molar-refractivity contribution in [3.8, 4) is 0 Å². The van der Waals surface area contributed by atoms with Crippen LogP contribution in [-0.2, 0) is 31.3 Å². The molecule has 0 unspecified atom stereocenters. The Balaban J connectivity index is 1.99. The third kappa shape index (κ3) is 4.71. The SMILES string of the molecule is NC(=O)c1cc[n+](COC[n+]2ccc(CN=O)cc2CN=O)cc1. The molecule has 0 aliphatic rings. The number of primary amides is 1. The van der Waals surface area contributed by atoms with Crippen molar-refractivity contribution in [3.05, 3.63) is 69.5 Å². The number of pyridine rings is 2. The summed E-state index contributed by atoms with van der Waals surface area (Å²) >= 11 is 0. The van der Waals surface area contributed by atoms with Gasteiger partial charge in [-0.25, -0.2) is 0 Å². The molecule has 0 atom stereocenters. The summed E-state index contributed by atoms with van der Waals surface area (Å²) in [5.74, 6) is -0.491. The second-order valence-corrected chi connectivity index (χ2v) is 5.00. The van der Waals surface area contributed by atoms with E-state index in [1.54, 1.807) is 52.0 Å². The summed E-state index contributed by atoms with van der Waals surface area (Å²) < 4.78 is 9.02. The van der Waals surface area contributed by atoms with Crippen LogP contribution in [0.2, 0.25) is 0 Å². The average molecular weight is 331 g/mol. The van der Waals surface area contributed by atoms with Crippen molar-refractivity contribution in [2.24, 2.45) is 16.1 Å². The van der Waals surface area contributed by atoms with Crippen LogP contribution in [0.3, 0.4) is 0 Å². The first-order chi connectivity index (χ1) is 11.6. The first-order valence-electron chi connectivity index (χ1n) is 7.10. The standard InChI is InChI=1S/C15H16N5O4/c16-15(21)13-2-4-19(5-3-13)10-24-11-20-6-1-12(8-17-22)7-14(20)9-18-23/h1-7H,8-11H2,(H-,16,21)/q+1/p+1. The molecule has 0 fully saturated rings. The van der Waals surface area contributed by atoms with E-state index in [0.717, 1.165) is 0 Å². The van der Waals surface area contributed by atoms with Gasteiger partial charge >= 0.3 is 0 Å². The molecule has 2 heterocycles. The maximum absolute atomic E-state index is 11.0. The molecule has 2 rings (SSSR count). The van der Waals surface area contributed by atoms with Gasteiger partial charge in [-0.2, -0.15) is 18.9 Å². The number of nitrogens with zero attached hydrogens (tertiary/aromatic N) is 4. The lowest BCUT2D eigenvalue weighted by Crippen LogP contribution is -2.43. The molecule has 0 saturated carbocycles.